The van der Waals surface area contributed by atoms with E-state index in [1.54, 1.807) is 14.2 Å². The van der Waals surface area contributed by atoms with E-state index in [4.69, 9.17) is 8.85 Å². The van der Waals surface area contributed by atoms with Crippen LogP contribution >= 0.6 is 0 Å². The van der Waals surface area contributed by atoms with Gasteiger partial charge in [0.15, 0.2) is 0 Å². The maximum Gasteiger partial charge on any atom is 0.414 e. The van der Waals surface area contributed by atoms with Crippen LogP contribution in [0.25, 0.3) is 0 Å². The Bertz CT molecular complexity index is 120. The molecule has 0 aliphatic rings. The second-order valence-corrected chi connectivity index (χ2v) is 11.9. The van der Waals surface area contributed by atoms with E-state index in [0.717, 1.165) is 0 Å². The summed E-state index contributed by atoms with van der Waals surface area (Å²) in [6.07, 6.45) is 0. The average Bonchev–Trinajstić information content (AvgIpc) is 1.84. The van der Waals surface area contributed by atoms with Crippen LogP contribution in [0.4, 0.5) is 0 Å². The molecule has 0 radical (unpaired) electrons. The molecule has 0 aromatic carbocycles. The summed E-state index contributed by atoms with van der Waals surface area (Å²) in [5.41, 5.74) is 0. The molecule has 3 nitrogen and oxygen atoms in total. The monoisotopic (exact) mass is 193 g/mol. The molecule has 0 aromatic heterocycles. The van der Waals surface area contributed by atoms with Crippen LogP contribution in [0.1, 0.15) is 0 Å². The van der Waals surface area contributed by atoms with E-state index < -0.39 is 17.0 Å². The molecule has 0 aliphatic heterocycles. The van der Waals surface area contributed by atoms with Crippen LogP contribution in [0.5, 0.6) is 0 Å². The Kier molecular flexibility index (Phi) is 3.92. The zero-order chi connectivity index (χ0) is 9.12. The van der Waals surface area contributed by atoms with Crippen molar-refractivity contribution in [2.75, 3.05) is 14.2 Å². The topological polar surface area (TPSA) is 30.5 Å². The van der Waals surface area contributed by atoms with E-state index in [1.807, 2.05) is 6.55 Å². The molecule has 0 heterocycles. The predicted molar refractivity (Wildman–Crippen MR) is 52.1 cm³/mol. The summed E-state index contributed by atoms with van der Waals surface area (Å²) in [5, 5.41) is 0. The van der Waals surface area contributed by atoms with Crippen molar-refractivity contribution in [2.24, 2.45) is 0 Å². The van der Waals surface area contributed by atoms with Crippen molar-refractivity contribution in [3.8, 4) is 0 Å². The molecule has 0 unspecified atom stereocenters. The molecule has 68 valence electrons. The largest absolute Gasteiger partial charge is 0.414 e. The van der Waals surface area contributed by atoms with Gasteiger partial charge in [0.25, 0.3) is 0 Å². The van der Waals surface area contributed by atoms with Gasteiger partial charge in [0.05, 0.1) is 0 Å². The number of nitrogens with one attached hydrogen (secondary N) is 1. The standard InChI is InChI=1S/C6H19NO2Si2/c1-8-11(6,9-2)7-10(3,4)5/h7H,1-6H3. The smallest absolute Gasteiger partial charge is 0.387 e. The molecule has 11 heavy (non-hydrogen) atoms. The van der Waals surface area contributed by atoms with Crippen LogP contribution < -0.4 is 4.65 Å². The summed E-state index contributed by atoms with van der Waals surface area (Å²) >= 11 is 0. The van der Waals surface area contributed by atoms with E-state index in [-0.39, 0.29) is 0 Å². The molecule has 0 aliphatic carbocycles. The van der Waals surface area contributed by atoms with E-state index in [0.29, 0.717) is 0 Å². The van der Waals surface area contributed by atoms with Crippen molar-refractivity contribution in [2.45, 2.75) is 26.2 Å². The lowest BCUT2D eigenvalue weighted by molar-refractivity contribution is 0.244. The van der Waals surface area contributed by atoms with Crippen molar-refractivity contribution in [1.82, 2.24) is 4.65 Å². The van der Waals surface area contributed by atoms with Gasteiger partial charge in [0.2, 0.25) is 0 Å². The molecule has 0 rings (SSSR count). The summed E-state index contributed by atoms with van der Waals surface area (Å²) < 4.78 is 14.1. The van der Waals surface area contributed by atoms with Crippen molar-refractivity contribution < 1.29 is 8.85 Å². The minimum Gasteiger partial charge on any atom is -0.387 e. The van der Waals surface area contributed by atoms with Gasteiger partial charge in [-0.05, 0) is 6.55 Å². The Hall–Kier alpha value is 0.314. The van der Waals surface area contributed by atoms with Gasteiger partial charge >= 0.3 is 8.72 Å². The van der Waals surface area contributed by atoms with E-state index >= 15 is 0 Å². The van der Waals surface area contributed by atoms with Crippen molar-refractivity contribution in [3.63, 3.8) is 0 Å². The third kappa shape index (κ3) is 4.70. The zero-order valence-corrected chi connectivity index (χ0v) is 10.3. The SMILES string of the molecule is CO[Si](C)(N[Si](C)(C)C)OC. The van der Waals surface area contributed by atoms with Gasteiger partial charge in [-0.1, -0.05) is 19.6 Å². The molecule has 0 saturated heterocycles. The van der Waals surface area contributed by atoms with Gasteiger partial charge in [-0.2, -0.15) is 0 Å². The Balaban J connectivity index is 4.08. The van der Waals surface area contributed by atoms with Crippen LogP contribution in [0.2, 0.25) is 26.2 Å². The molecule has 0 atom stereocenters. The molecule has 1 N–H and O–H groups in total. The minimum absolute atomic E-state index is 1.27. The average molecular weight is 193 g/mol. The minimum atomic E-state index is -2.02. The first-order valence-electron chi connectivity index (χ1n) is 3.72. The summed E-state index contributed by atoms with van der Waals surface area (Å²) in [6.45, 7) is 8.72. The number of rotatable bonds is 4. The fraction of sp³-hybridized carbons (Fsp3) is 1.00. The second kappa shape index (κ2) is 3.82. The van der Waals surface area contributed by atoms with Crippen LogP contribution in [0, 0.1) is 0 Å². The highest BCUT2D eigenvalue weighted by Gasteiger charge is 2.34. The molecule has 0 fully saturated rings. The third-order valence-electron chi connectivity index (χ3n) is 1.38. The molecular formula is C6H19NO2Si2. The molecule has 0 spiro atoms. The van der Waals surface area contributed by atoms with E-state index in [9.17, 15) is 0 Å². The van der Waals surface area contributed by atoms with Gasteiger partial charge in [-0.15, -0.1) is 0 Å². The van der Waals surface area contributed by atoms with Gasteiger partial charge < -0.3 is 13.5 Å². The van der Waals surface area contributed by atoms with Crippen molar-refractivity contribution >= 4 is 17.0 Å². The van der Waals surface area contributed by atoms with Gasteiger partial charge in [0.1, 0.15) is 8.24 Å². The first-order chi connectivity index (χ1) is 4.83. The quantitative estimate of drug-likeness (QED) is 0.682. The predicted octanol–water partition coefficient (Wildman–Crippen LogP) is 1.27. The Labute approximate surface area is 71.5 Å². The highest BCUT2D eigenvalue weighted by molar-refractivity contribution is 6.85. The second-order valence-electron chi connectivity index (χ2n) is 3.73. The molecular weight excluding hydrogens is 174 g/mol. The first-order valence-corrected chi connectivity index (χ1v) is 9.54. The molecule has 5 heteroatoms. The maximum atomic E-state index is 5.30. The highest BCUT2D eigenvalue weighted by atomic mass is 28.4. The van der Waals surface area contributed by atoms with Crippen molar-refractivity contribution in [3.05, 3.63) is 0 Å². The van der Waals surface area contributed by atoms with Crippen LogP contribution in [-0.2, 0) is 8.85 Å². The highest BCUT2D eigenvalue weighted by Crippen LogP contribution is 2.05. The van der Waals surface area contributed by atoms with Gasteiger partial charge in [-0.25, -0.2) is 0 Å². The Morgan fingerprint density at radius 1 is 0.909 bits per heavy atom. The lowest BCUT2D eigenvalue weighted by Gasteiger charge is -2.30. The summed E-state index contributed by atoms with van der Waals surface area (Å²) in [6, 6.07) is 0. The molecule has 0 aromatic rings. The first kappa shape index (κ1) is 11.3. The molecule has 0 amide bonds. The Morgan fingerprint density at radius 2 is 1.27 bits per heavy atom. The van der Waals surface area contributed by atoms with Crippen LogP contribution in [0.15, 0.2) is 0 Å². The Morgan fingerprint density at radius 3 is 1.36 bits per heavy atom. The summed E-state index contributed by atoms with van der Waals surface area (Å²) in [7, 11) is 0.101. The lowest BCUT2D eigenvalue weighted by Crippen LogP contribution is -2.62. The lowest BCUT2D eigenvalue weighted by atomic mass is 11.8. The number of hydrogen-bond acceptors (Lipinski definition) is 3. The molecule has 0 bridgehead atoms. The fourth-order valence-electron chi connectivity index (χ4n) is 0.867. The normalized spacial score (nSPS) is 13.6. The number of hydrogen-bond donors (Lipinski definition) is 1. The van der Waals surface area contributed by atoms with E-state index in [1.165, 1.54) is 0 Å². The van der Waals surface area contributed by atoms with E-state index in [2.05, 4.69) is 24.3 Å². The van der Waals surface area contributed by atoms with Gasteiger partial charge in [-0.3, -0.25) is 0 Å². The maximum absolute atomic E-state index is 5.30. The van der Waals surface area contributed by atoms with Gasteiger partial charge in [0, 0.05) is 14.2 Å². The van der Waals surface area contributed by atoms with Crippen LogP contribution in [-0.4, -0.2) is 31.2 Å². The van der Waals surface area contributed by atoms with Crippen LogP contribution in [0.3, 0.4) is 0 Å². The fourth-order valence-corrected chi connectivity index (χ4v) is 7.30. The molecule has 0 saturated carbocycles. The van der Waals surface area contributed by atoms with Crippen molar-refractivity contribution in [1.29, 1.82) is 0 Å². The zero-order valence-electron chi connectivity index (χ0n) is 8.32. The third-order valence-corrected chi connectivity index (χ3v) is 7.76. The summed E-state index contributed by atoms with van der Waals surface area (Å²) in [5.74, 6) is 0. The summed E-state index contributed by atoms with van der Waals surface area (Å²) in [4.78, 5) is 0.